The van der Waals surface area contributed by atoms with E-state index in [4.69, 9.17) is 17.3 Å². The van der Waals surface area contributed by atoms with Gasteiger partial charge in [-0.25, -0.2) is 0 Å². The maximum absolute atomic E-state index is 6.30. The second-order valence-corrected chi connectivity index (χ2v) is 5.21. The van der Waals surface area contributed by atoms with Gasteiger partial charge in [-0.1, -0.05) is 41.4 Å². The highest BCUT2D eigenvalue weighted by molar-refractivity contribution is 6.31. The van der Waals surface area contributed by atoms with Crippen LogP contribution in [0.4, 0.5) is 0 Å². The van der Waals surface area contributed by atoms with E-state index in [0.717, 1.165) is 11.3 Å². The summed E-state index contributed by atoms with van der Waals surface area (Å²) in [4.78, 5) is 0. The van der Waals surface area contributed by atoms with Gasteiger partial charge in [0.1, 0.15) is 0 Å². The molecule has 2 aromatic rings. The van der Waals surface area contributed by atoms with Gasteiger partial charge in [0, 0.05) is 6.04 Å². The predicted octanol–water partition coefficient (Wildman–Crippen LogP) is 3.47. The molecule has 0 saturated heterocycles. The van der Waals surface area contributed by atoms with Gasteiger partial charge in [0.25, 0.3) is 0 Å². The molecule has 1 aromatic carbocycles. The second kappa shape index (κ2) is 5.12. The van der Waals surface area contributed by atoms with Gasteiger partial charge in [0.2, 0.25) is 0 Å². The molecule has 4 heteroatoms. The zero-order chi connectivity index (χ0) is 13.3. The molecular formula is C14H18ClN3. The summed E-state index contributed by atoms with van der Waals surface area (Å²) < 4.78 is 1.88. The number of rotatable bonds is 3. The van der Waals surface area contributed by atoms with Crippen LogP contribution in [-0.4, -0.2) is 9.78 Å². The lowest BCUT2D eigenvalue weighted by molar-refractivity contribution is 0.499. The average Bonchev–Trinajstić information content (AvgIpc) is 2.71. The molecule has 0 saturated carbocycles. The molecule has 96 valence electrons. The monoisotopic (exact) mass is 263 g/mol. The van der Waals surface area contributed by atoms with Crippen LogP contribution in [0.3, 0.4) is 0 Å². The minimum absolute atomic E-state index is 0.240. The van der Waals surface area contributed by atoms with E-state index in [1.54, 1.807) is 6.20 Å². The van der Waals surface area contributed by atoms with Crippen molar-refractivity contribution >= 4 is 11.6 Å². The van der Waals surface area contributed by atoms with Crippen LogP contribution in [0, 0.1) is 6.92 Å². The fourth-order valence-corrected chi connectivity index (χ4v) is 2.23. The molecule has 2 rings (SSSR count). The summed E-state index contributed by atoms with van der Waals surface area (Å²) in [6, 6.07) is 8.17. The lowest BCUT2D eigenvalue weighted by atomic mass is 10.0. The minimum atomic E-state index is -0.247. The number of halogens is 1. The van der Waals surface area contributed by atoms with Crippen LogP contribution >= 0.6 is 11.6 Å². The molecule has 3 nitrogen and oxygen atoms in total. The molecule has 18 heavy (non-hydrogen) atoms. The quantitative estimate of drug-likeness (QED) is 0.921. The number of benzene rings is 1. The van der Waals surface area contributed by atoms with E-state index in [1.807, 2.05) is 16.8 Å². The van der Waals surface area contributed by atoms with Gasteiger partial charge in [-0.3, -0.25) is 4.68 Å². The fraction of sp³-hybridized carbons (Fsp3) is 0.357. The van der Waals surface area contributed by atoms with Crippen LogP contribution in [0.5, 0.6) is 0 Å². The molecule has 1 heterocycles. The van der Waals surface area contributed by atoms with Crippen LogP contribution in [0.1, 0.15) is 42.8 Å². The van der Waals surface area contributed by atoms with Gasteiger partial charge in [0.05, 0.1) is 23.0 Å². The van der Waals surface area contributed by atoms with Crippen molar-refractivity contribution in [3.8, 4) is 0 Å². The lowest BCUT2D eigenvalue weighted by Gasteiger charge is -2.17. The second-order valence-electron chi connectivity index (χ2n) is 4.80. The number of hydrogen-bond donors (Lipinski definition) is 1. The maximum atomic E-state index is 6.30. The van der Waals surface area contributed by atoms with Crippen molar-refractivity contribution in [3.63, 3.8) is 0 Å². The molecule has 1 atom stereocenters. The van der Waals surface area contributed by atoms with Crippen LogP contribution in [-0.2, 0) is 0 Å². The first-order chi connectivity index (χ1) is 8.50. The Kier molecular flexibility index (Phi) is 3.73. The Morgan fingerprint density at radius 1 is 1.22 bits per heavy atom. The molecule has 0 bridgehead atoms. The Morgan fingerprint density at radius 3 is 2.39 bits per heavy atom. The third-order valence-electron chi connectivity index (χ3n) is 3.01. The summed E-state index contributed by atoms with van der Waals surface area (Å²) in [6.45, 7) is 6.18. The van der Waals surface area contributed by atoms with Crippen LogP contribution in [0.15, 0.2) is 30.5 Å². The molecule has 0 fully saturated rings. The first-order valence-corrected chi connectivity index (χ1v) is 6.43. The number of hydrogen-bond acceptors (Lipinski definition) is 2. The average molecular weight is 264 g/mol. The Bertz CT molecular complexity index is 528. The number of aryl methyl sites for hydroxylation is 1. The predicted molar refractivity (Wildman–Crippen MR) is 74.8 cm³/mol. The molecule has 0 aliphatic carbocycles. The van der Waals surface area contributed by atoms with E-state index >= 15 is 0 Å². The van der Waals surface area contributed by atoms with Crippen LogP contribution < -0.4 is 5.73 Å². The number of nitrogens with zero attached hydrogens (tertiary/aromatic N) is 2. The normalized spacial score (nSPS) is 13.0. The molecule has 0 aliphatic rings. The van der Waals surface area contributed by atoms with Crippen molar-refractivity contribution in [2.75, 3.05) is 0 Å². The minimum Gasteiger partial charge on any atom is -0.319 e. The summed E-state index contributed by atoms with van der Waals surface area (Å²) in [5.74, 6) is 0. The molecule has 0 amide bonds. The Balaban J connectivity index is 2.42. The van der Waals surface area contributed by atoms with Crippen molar-refractivity contribution in [1.29, 1.82) is 0 Å². The number of nitrogens with two attached hydrogens (primary N) is 1. The van der Waals surface area contributed by atoms with Crippen molar-refractivity contribution in [3.05, 3.63) is 52.3 Å². The zero-order valence-electron chi connectivity index (χ0n) is 10.9. The summed E-state index contributed by atoms with van der Waals surface area (Å²) in [7, 11) is 0. The van der Waals surface area contributed by atoms with Gasteiger partial charge in [-0.05, 0) is 26.3 Å². The summed E-state index contributed by atoms with van der Waals surface area (Å²) >= 11 is 6.20. The van der Waals surface area contributed by atoms with E-state index in [2.05, 4.69) is 38.0 Å². The molecule has 0 radical (unpaired) electrons. The van der Waals surface area contributed by atoms with Gasteiger partial charge in [-0.15, -0.1) is 0 Å². The first kappa shape index (κ1) is 13.1. The summed E-state index contributed by atoms with van der Waals surface area (Å²) in [5, 5.41) is 4.91. The summed E-state index contributed by atoms with van der Waals surface area (Å²) in [6.07, 6.45) is 1.66. The van der Waals surface area contributed by atoms with E-state index in [9.17, 15) is 0 Å². The SMILES string of the molecule is Cc1ccc(C(N)c2c(Cl)cnn2C(C)C)cc1. The highest BCUT2D eigenvalue weighted by Gasteiger charge is 2.19. The Hall–Kier alpha value is -1.32. The van der Waals surface area contributed by atoms with E-state index in [1.165, 1.54) is 5.56 Å². The molecule has 2 N–H and O–H groups in total. The van der Waals surface area contributed by atoms with Gasteiger partial charge in [-0.2, -0.15) is 5.10 Å². The van der Waals surface area contributed by atoms with E-state index in [0.29, 0.717) is 5.02 Å². The smallest absolute Gasteiger partial charge is 0.0837 e. The molecule has 1 unspecified atom stereocenters. The number of aromatic nitrogens is 2. The van der Waals surface area contributed by atoms with Gasteiger partial charge >= 0.3 is 0 Å². The van der Waals surface area contributed by atoms with E-state index in [-0.39, 0.29) is 12.1 Å². The third kappa shape index (κ3) is 2.42. The van der Waals surface area contributed by atoms with Gasteiger partial charge < -0.3 is 5.73 Å². The van der Waals surface area contributed by atoms with Crippen LogP contribution in [0.25, 0.3) is 0 Å². The molecule has 0 spiro atoms. The van der Waals surface area contributed by atoms with Crippen molar-refractivity contribution in [2.24, 2.45) is 5.73 Å². The molecule has 0 aliphatic heterocycles. The van der Waals surface area contributed by atoms with Crippen molar-refractivity contribution in [1.82, 2.24) is 9.78 Å². The maximum Gasteiger partial charge on any atom is 0.0837 e. The van der Waals surface area contributed by atoms with Gasteiger partial charge in [0.15, 0.2) is 0 Å². The summed E-state index contributed by atoms with van der Waals surface area (Å²) in [5.41, 5.74) is 9.44. The highest BCUT2D eigenvalue weighted by Crippen LogP contribution is 2.28. The van der Waals surface area contributed by atoms with Crippen LogP contribution in [0.2, 0.25) is 5.02 Å². The van der Waals surface area contributed by atoms with Crippen molar-refractivity contribution in [2.45, 2.75) is 32.9 Å². The van der Waals surface area contributed by atoms with Crippen molar-refractivity contribution < 1.29 is 0 Å². The van der Waals surface area contributed by atoms with E-state index < -0.39 is 0 Å². The topological polar surface area (TPSA) is 43.8 Å². The third-order valence-corrected chi connectivity index (χ3v) is 3.30. The Labute approximate surface area is 113 Å². The molecule has 1 aromatic heterocycles. The zero-order valence-corrected chi connectivity index (χ0v) is 11.6. The molecular weight excluding hydrogens is 246 g/mol. The fourth-order valence-electron chi connectivity index (χ4n) is 1.98. The Morgan fingerprint density at radius 2 is 1.83 bits per heavy atom. The standard InChI is InChI=1S/C14H18ClN3/c1-9(2)18-14(12(15)8-17-18)13(16)11-6-4-10(3)5-7-11/h4-9,13H,16H2,1-3H3. The lowest BCUT2D eigenvalue weighted by Crippen LogP contribution is -2.19. The highest BCUT2D eigenvalue weighted by atomic mass is 35.5. The first-order valence-electron chi connectivity index (χ1n) is 6.05. The largest absolute Gasteiger partial charge is 0.319 e.